The van der Waals surface area contributed by atoms with E-state index in [-0.39, 0.29) is 6.61 Å². The summed E-state index contributed by atoms with van der Waals surface area (Å²) >= 11 is 0. The number of hydrogen-bond donors (Lipinski definition) is 4. The molecule has 0 spiro atoms. The van der Waals surface area contributed by atoms with Gasteiger partial charge in [0.25, 0.3) is 0 Å². The van der Waals surface area contributed by atoms with E-state index in [1.165, 1.54) is 0 Å². The smallest absolute Gasteiger partial charge is 0.329 e. The lowest BCUT2D eigenvalue weighted by Crippen LogP contribution is -2.34. The molecule has 0 fully saturated rings. The van der Waals surface area contributed by atoms with Crippen molar-refractivity contribution in [2.75, 3.05) is 6.61 Å². The van der Waals surface area contributed by atoms with E-state index in [1.807, 2.05) is 18.2 Å². The predicted octanol–water partition coefficient (Wildman–Crippen LogP) is -0.405. The molecule has 5 N–H and O–H groups in total. The van der Waals surface area contributed by atoms with Crippen LogP contribution in [0, 0.1) is 0 Å². The van der Waals surface area contributed by atoms with Crippen molar-refractivity contribution in [3.8, 4) is 0 Å². The highest BCUT2D eigenvalue weighted by Gasteiger charge is 2.18. The number of carbonyl (C=O) groups is 3. The van der Waals surface area contributed by atoms with Crippen molar-refractivity contribution in [3.63, 3.8) is 0 Å². The van der Waals surface area contributed by atoms with Gasteiger partial charge in [-0.3, -0.25) is 9.59 Å². The van der Waals surface area contributed by atoms with Crippen LogP contribution in [-0.2, 0) is 25.7 Å². The number of carbonyl (C=O) groups excluding carboxylic acids is 1. The minimum Gasteiger partial charge on any atom is -0.481 e. The summed E-state index contributed by atoms with van der Waals surface area (Å²) in [5.41, 5.74) is 6.16. The van der Waals surface area contributed by atoms with Gasteiger partial charge in [-0.25, -0.2) is 4.79 Å². The standard InChI is InChI=1S/C11H13NO4.C2H4O3/c12-9(6-10(13)14)11(15)16-7-8-4-2-1-3-5-8;3-1-2(4)5/h1-5,9H,6-7,12H2,(H,13,14);3H,1H2,(H,4,5)/t9-;/m0./s1. The fourth-order valence-corrected chi connectivity index (χ4v) is 1.11. The van der Waals surface area contributed by atoms with E-state index < -0.39 is 37.0 Å². The Hall–Kier alpha value is -2.45. The summed E-state index contributed by atoms with van der Waals surface area (Å²) in [6.07, 6.45) is -0.423. The van der Waals surface area contributed by atoms with Crippen molar-refractivity contribution in [1.29, 1.82) is 0 Å². The maximum Gasteiger partial charge on any atom is 0.329 e. The van der Waals surface area contributed by atoms with Crippen LogP contribution in [-0.4, -0.2) is 45.9 Å². The average Bonchev–Trinajstić information content (AvgIpc) is 2.45. The van der Waals surface area contributed by atoms with Crippen molar-refractivity contribution in [2.24, 2.45) is 5.73 Å². The Balaban J connectivity index is 0.000000690. The molecule has 1 aromatic rings. The van der Waals surface area contributed by atoms with Crippen LogP contribution in [0.1, 0.15) is 12.0 Å². The molecule has 0 aliphatic heterocycles. The van der Waals surface area contributed by atoms with E-state index in [4.69, 9.17) is 30.6 Å². The van der Waals surface area contributed by atoms with Gasteiger partial charge in [0.15, 0.2) is 0 Å². The molecule has 0 aromatic heterocycles. The largest absolute Gasteiger partial charge is 0.481 e. The molecule has 116 valence electrons. The minimum absolute atomic E-state index is 0.104. The molecule has 8 nitrogen and oxygen atoms in total. The SMILES string of the molecule is N[C@@H](CC(=O)O)C(=O)OCc1ccccc1.O=C(O)CO. The molecule has 21 heavy (non-hydrogen) atoms. The number of rotatable bonds is 6. The first-order chi connectivity index (χ1) is 9.86. The summed E-state index contributed by atoms with van der Waals surface area (Å²) < 4.78 is 4.86. The van der Waals surface area contributed by atoms with Crippen molar-refractivity contribution in [3.05, 3.63) is 35.9 Å². The highest BCUT2D eigenvalue weighted by atomic mass is 16.5. The Bertz CT molecular complexity index is 461. The van der Waals surface area contributed by atoms with Gasteiger partial charge in [0.2, 0.25) is 0 Å². The van der Waals surface area contributed by atoms with Gasteiger partial charge in [0.05, 0.1) is 6.42 Å². The summed E-state index contributed by atoms with van der Waals surface area (Å²) in [7, 11) is 0. The summed E-state index contributed by atoms with van der Waals surface area (Å²) in [6, 6.07) is 7.98. The van der Waals surface area contributed by atoms with Crippen LogP contribution >= 0.6 is 0 Å². The zero-order chi connectivity index (χ0) is 16.3. The van der Waals surface area contributed by atoms with Gasteiger partial charge in [0.1, 0.15) is 19.3 Å². The lowest BCUT2D eigenvalue weighted by molar-refractivity contribution is -0.150. The molecule has 1 atom stereocenters. The molecule has 0 amide bonds. The minimum atomic E-state index is -1.19. The van der Waals surface area contributed by atoms with E-state index in [0.717, 1.165) is 5.56 Å². The highest BCUT2D eigenvalue weighted by molar-refractivity contribution is 5.81. The number of hydrogen-bond acceptors (Lipinski definition) is 6. The maximum absolute atomic E-state index is 11.2. The third-order valence-corrected chi connectivity index (χ3v) is 2.06. The molecule has 0 unspecified atom stereocenters. The number of aliphatic hydroxyl groups is 1. The third kappa shape index (κ3) is 10.0. The second-order valence-corrected chi connectivity index (χ2v) is 3.85. The first-order valence-electron chi connectivity index (χ1n) is 5.87. The molecule has 0 saturated heterocycles. The Kier molecular flexibility index (Phi) is 9.14. The first-order valence-corrected chi connectivity index (χ1v) is 5.87. The van der Waals surface area contributed by atoms with Crippen LogP contribution in [0.3, 0.4) is 0 Å². The molecule has 1 rings (SSSR count). The van der Waals surface area contributed by atoms with Crippen LogP contribution in [0.25, 0.3) is 0 Å². The Morgan fingerprint density at radius 3 is 2.05 bits per heavy atom. The van der Waals surface area contributed by atoms with Gasteiger partial charge in [-0.2, -0.15) is 0 Å². The second kappa shape index (κ2) is 10.4. The van der Waals surface area contributed by atoms with Crippen LogP contribution in [0.15, 0.2) is 30.3 Å². The zero-order valence-electron chi connectivity index (χ0n) is 11.1. The Labute approximate surface area is 120 Å². The zero-order valence-corrected chi connectivity index (χ0v) is 11.1. The quantitative estimate of drug-likeness (QED) is 0.518. The maximum atomic E-state index is 11.2. The van der Waals surface area contributed by atoms with Gasteiger partial charge in [-0.15, -0.1) is 0 Å². The summed E-state index contributed by atoms with van der Waals surface area (Å²) in [5, 5.41) is 23.4. The molecule has 1 aromatic carbocycles. The van der Waals surface area contributed by atoms with Crippen LogP contribution in [0.4, 0.5) is 0 Å². The van der Waals surface area contributed by atoms with Gasteiger partial charge in [-0.05, 0) is 5.56 Å². The Morgan fingerprint density at radius 2 is 1.62 bits per heavy atom. The fraction of sp³-hybridized carbons (Fsp3) is 0.308. The van der Waals surface area contributed by atoms with Gasteiger partial charge < -0.3 is 25.8 Å². The van der Waals surface area contributed by atoms with Gasteiger partial charge >= 0.3 is 17.9 Å². The lowest BCUT2D eigenvalue weighted by atomic mass is 10.2. The van der Waals surface area contributed by atoms with Crippen molar-refractivity contribution in [2.45, 2.75) is 19.1 Å². The molecular weight excluding hydrogens is 282 g/mol. The average molecular weight is 299 g/mol. The lowest BCUT2D eigenvalue weighted by Gasteiger charge is -2.09. The van der Waals surface area contributed by atoms with E-state index in [1.54, 1.807) is 12.1 Å². The summed E-state index contributed by atoms with van der Waals surface area (Å²) in [6.45, 7) is -0.674. The number of aliphatic hydroxyl groups excluding tert-OH is 1. The fourth-order valence-electron chi connectivity index (χ4n) is 1.11. The molecule has 0 radical (unpaired) electrons. The van der Waals surface area contributed by atoms with E-state index in [2.05, 4.69) is 0 Å². The monoisotopic (exact) mass is 299 g/mol. The molecule has 0 bridgehead atoms. The molecule has 0 aliphatic carbocycles. The molecule has 8 heteroatoms. The van der Waals surface area contributed by atoms with Crippen LogP contribution in [0.5, 0.6) is 0 Å². The van der Waals surface area contributed by atoms with Crippen molar-refractivity contribution < 1.29 is 34.4 Å². The van der Waals surface area contributed by atoms with E-state index in [0.29, 0.717) is 0 Å². The van der Waals surface area contributed by atoms with Crippen LogP contribution in [0.2, 0.25) is 0 Å². The van der Waals surface area contributed by atoms with Gasteiger partial charge in [-0.1, -0.05) is 30.3 Å². The number of nitrogens with two attached hydrogens (primary N) is 1. The number of esters is 1. The first kappa shape index (κ1) is 18.6. The number of ether oxygens (including phenoxy) is 1. The van der Waals surface area contributed by atoms with Crippen molar-refractivity contribution >= 4 is 17.9 Å². The highest BCUT2D eigenvalue weighted by Crippen LogP contribution is 2.02. The Morgan fingerprint density at radius 1 is 1.10 bits per heavy atom. The predicted molar refractivity (Wildman–Crippen MR) is 71.2 cm³/mol. The van der Waals surface area contributed by atoms with Crippen LogP contribution < -0.4 is 5.73 Å². The number of carboxylic acids is 2. The number of benzene rings is 1. The van der Waals surface area contributed by atoms with Crippen molar-refractivity contribution in [1.82, 2.24) is 0 Å². The number of aliphatic carboxylic acids is 2. The third-order valence-electron chi connectivity index (χ3n) is 2.06. The molecular formula is C13H17NO7. The second-order valence-electron chi connectivity index (χ2n) is 3.85. The summed E-state index contributed by atoms with van der Waals surface area (Å²) in [4.78, 5) is 30.7. The normalized spacial score (nSPS) is 10.8. The molecule has 0 heterocycles. The molecule has 0 saturated carbocycles. The molecule has 0 aliphatic rings. The van der Waals surface area contributed by atoms with Gasteiger partial charge in [0, 0.05) is 0 Å². The topological polar surface area (TPSA) is 147 Å². The summed E-state index contributed by atoms with van der Waals surface area (Å²) in [5.74, 6) is -3.01. The number of carboxylic acid groups (broad SMARTS) is 2. The van der Waals surface area contributed by atoms with E-state index in [9.17, 15) is 9.59 Å². The van der Waals surface area contributed by atoms with E-state index >= 15 is 0 Å².